The summed E-state index contributed by atoms with van der Waals surface area (Å²) < 4.78 is 0. The summed E-state index contributed by atoms with van der Waals surface area (Å²) in [4.78, 5) is 13.2. The highest BCUT2D eigenvalue weighted by molar-refractivity contribution is 9.09. The molecule has 0 radical (unpaired) electrons. The molecule has 64 valence electrons. The highest BCUT2D eigenvalue weighted by Crippen LogP contribution is 2.10. The van der Waals surface area contributed by atoms with Crippen molar-refractivity contribution in [3.63, 3.8) is 0 Å². The molecule has 1 fully saturated rings. The highest BCUT2D eigenvalue weighted by Gasteiger charge is 2.16. The van der Waals surface area contributed by atoms with Crippen molar-refractivity contribution in [2.45, 2.75) is 25.7 Å². The molecule has 0 N–H and O–H groups in total. The van der Waals surface area contributed by atoms with Gasteiger partial charge in [0.25, 0.3) is 0 Å². The maximum Gasteiger partial charge on any atom is 0.222 e. The molecule has 0 saturated carbocycles. The molecule has 2 nitrogen and oxygen atoms in total. The standard InChI is InChI=1S/C8H14BrNO/c9-5-3-7-10-6-2-1-4-8(10)11/h1-7H2. The second-order valence-electron chi connectivity index (χ2n) is 2.88. The molecule has 0 aromatic carbocycles. The zero-order valence-corrected chi connectivity index (χ0v) is 8.27. The molecule has 1 amide bonds. The van der Waals surface area contributed by atoms with Crippen LogP contribution in [0.25, 0.3) is 0 Å². The van der Waals surface area contributed by atoms with Crippen LogP contribution in [0.4, 0.5) is 0 Å². The number of carbonyl (C=O) groups is 1. The molecule has 1 aliphatic heterocycles. The molecular formula is C8H14BrNO. The van der Waals surface area contributed by atoms with Crippen molar-refractivity contribution in [2.75, 3.05) is 18.4 Å². The fraction of sp³-hybridized carbons (Fsp3) is 0.875. The van der Waals surface area contributed by atoms with Crippen LogP contribution in [-0.4, -0.2) is 29.2 Å². The van der Waals surface area contributed by atoms with Gasteiger partial charge in [0.2, 0.25) is 5.91 Å². The number of piperidine rings is 1. The van der Waals surface area contributed by atoms with Crippen LogP contribution in [0, 0.1) is 0 Å². The lowest BCUT2D eigenvalue weighted by Gasteiger charge is -2.26. The Labute approximate surface area is 76.1 Å². The van der Waals surface area contributed by atoms with Crippen LogP contribution in [0.2, 0.25) is 0 Å². The molecule has 0 aromatic heterocycles. The van der Waals surface area contributed by atoms with E-state index in [0.717, 1.165) is 37.7 Å². The second kappa shape index (κ2) is 4.75. The van der Waals surface area contributed by atoms with E-state index in [4.69, 9.17) is 0 Å². The topological polar surface area (TPSA) is 20.3 Å². The van der Waals surface area contributed by atoms with Crippen LogP contribution in [0.15, 0.2) is 0 Å². The molecule has 1 heterocycles. The Morgan fingerprint density at radius 3 is 2.91 bits per heavy atom. The summed E-state index contributed by atoms with van der Waals surface area (Å²) in [6.07, 6.45) is 4.12. The van der Waals surface area contributed by atoms with Gasteiger partial charge in [0.15, 0.2) is 0 Å². The molecule has 0 aromatic rings. The summed E-state index contributed by atoms with van der Waals surface area (Å²) in [5.41, 5.74) is 0. The van der Waals surface area contributed by atoms with E-state index >= 15 is 0 Å². The van der Waals surface area contributed by atoms with E-state index in [0.29, 0.717) is 5.91 Å². The zero-order chi connectivity index (χ0) is 8.10. The predicted molar refractivity (Wildman–Crippen MR) is 48.8 cm³/mol. The van der Waals surface area contributed by atoms with Gasteiger partial charge in [0.05, 0.1) is 0 Å². The van der Waals surface area contributed by atoms with Crippen LogP contribution < -0.4 is 0 Å². The van der Waals surface area contributed by atoms with Crippen LogP contribution in [-0.2, 0) is 4.79 Å². The lowest BCUT2D eigenvalue weighted by molar-refractivity contribution is -0.133. The van der Waals surface area contributed by atoms with E-state index < -0.39 is 0 Å². The minimum absolute atomic E-state index is 0.345. The van der Waals surface area contributed by atoms with Gasteiger partial charge in [-0.1, -0.05) is 15.9 Å². The fourth-order valence-electron chi connectivity index (χ4n) is 1.35. The first-order valence-corrected chi connectivity index (χ1v) is 5.30. The Morgan fingerprint density at radius 2 is 2.27 bits per heavy atom. The van der Waals surface area contributed by atoms with Crippen LogP contribution in [0.5, 0.6) is 0 Å². The zero-order valence-electron chi connectivity index (χ0n) is 6.68. The Morgan fingerprint density at radius 1 is 1.45 bits per heavy atom. The molecule has 0 bridgehead atoms. The van der Waals surface area contributed by atoms with E-state index in [1.165, 1.54) is 6.42 Å². The van der Waals surface area contributed by atoms with Gasteiger partial charge in [-0.2, -0.15) is 0 Å². The third kappa shape index (κ3) is 2.81. The highest BCUT2D eigenvalue weighted by atomic mass is 79.9. The van der Waals surface area contributed by atoms with Crippen LogP contribution in [0.3, 0.4) is 0 Å². The number of amides is 1. The third-order valence-electron chi connectivity index (χ3n) is 1.98. The monoisotopic (exact) mass is 219 g/mol. The van der Waals surface area contributed by atoms with Gasteiger partial charge >= 0.3 is 0 Å². The summed E-state index contributed by atoms with van der Waals surface area (Å²) in [5.74, 6) is 0.345. The number of hydrogen-bond acceptors (Lipinski definition) is 1. The van der Waals surface area contributed by atoms with E-state index in [2.05, 4.69) is 15.9 Å². The Hall–Kier alpha value is -0.0500. The SMILES string of the molecule is O=C1CCCCN1CCCBr. The van der Waals surface area contributed by atoms with Crippen molar-refractivity contribution in [1.82, 2.24) is 4.90 Å². The van der Waals surface area contributed by atoms with Crippen LogP contribution >= 0.6 is 15.9 Å². The molecule has 0 spiro atoms. The van der Waals surface area contributed by atoms with Crippen molar-refractivity contribution < 1.29 is 4.79 Å². The summed E-state index contributed by atoms with van der Waals surface area (Å²) in [5, 5.41) is 0.997. The van der Waals surface area contributed by atoms with Crippen molar-refractivity contribution in [2.24, 2.45) is 0 Å². The molecular weight excluding hydrogens is 206 g/mol. The van der Waals surface area contributed by atoms with Gasteiger partial charge < -0.3 is 4.90 Å². The van der Waals surface area contributed by atoms with Crippen LogP contribution in [0.1, 0.15) is 25.7 Å². The van der Waals surface area contributed by atoms with E-state index in [9.17, 15) is 4.79 Å². The lowest BCUT2D eigenvalue weighted by atomic mass is 10.1. The minimum Gasteiger partial charge on any atom is -0.343 e. The van der Waals surface area contributed by atoms with E-state index in [1.807, 2.05) is 4.90 Å². The van der Waals surface area contributed by atoms with Gasteiger partial charge in [-0.15, -0.1) is 0 Å². The predicted octanol–water partition coefficient (Wildman–Crippen LogP) is 1.78. The fourth-order valence-corrected chi connectivity index (χ4v) is 1.60. The van der Waals surface area contributed by atoms with Gasteiger partial charge in [-0.25, -0.2) is 0 Å². The van der Waals surface area contributed by atoms with Crippen molar-refractivity contribution in [1.29, 1.82) is 0 Å². The summed E-state index contributed by atoms with van der Waals surface area (Å²) >= 11 is 3.36. The average molecular weight is 220 g/mol. The molecule has 0 unspecified atom stereocenters. The summed E-state index contributed by atoms with van der Waals surface area (Å²) in [6.45, 7) is 1.91. The van der Waals surface area contributed by atoms with E-state index in [-0.39, 0.29) is 0 Å². The third-order valence-corrected chi connectivity index (χ3v) is 2.54. The second-order valence-corrected chi connectivity index (χ2v) is 3.67. The lowest BCUT2D eigenvalue weighted by Crippen LogP contribution is -2.36. The number of halogens is 1. The molecule has 3 heteroatoms. The number of nitrogens with zero attached hydrogens (tertiary/aromatic N) is 1. The normalized spacial score (nSPS) is 19.0. The first-order chi connectivity index (χ1) is 5.34. The van der Waals surface area contributed by atoms with Crippen molar-refractivity contribution >= 4 is 21.8 Å². The number of alkyl halides is 1. The molecule has 0 atom stereocenters. The van der Waals surface area contributed by atoms with Gasteiger partial charge in [-0.3, -0.25) is 4.79 Å². The molecule has 1 saturated heterocycles. The average Bonchev–Trinajstić information content (AvgIpc) is 2.03. The van der Waals surface area contributed by atoms with Gasteiger partial charge in [-0.05, 0) is 19.3 Å². The summed E-state index contributed by atoms with van der Waals surface area (Å²) in [6, 6.07) is 0. The quantitative estimate of drug-likeness (QED) is 0.664. The Bertz CT molecular complexity index is 138. The first kappa shape index (κ1) is 9.04. The largest absolute Gasteiger partial charge is 0.343 e. The molecule has 1 rings (SSSR count). The van der Waals surface area contributed by atoms with Gasteiger partial charge in [0, 0.05) is 24.8 Å². The van der Waals surface area contributed by atoms with Gasteiger partial charge in [0.1, 0.15) is 0 Å². The number of carbonyl (C=O) groups excluding carboxylic acids is 1. The maximum absolute atomic E-state index is 11.2. The molecule has 11 heavy (non-hydrogen) atoms. The van der Waals surface area contributed by atoms with Crippen molar-refractivity contribution in [3.05, 3.63) is 0 Å². The maximum atomic E-state index is 11.2. The summed E-state index contributed by atoms with van der Waals surface area (Å²) in [7, 11) is 0. The van der Waals surface area contributed by atoms with Crippen molar-refractivity contribution in [3.8, 4) is 0 Å². The first-order valence-electron chi connectivity index (χ1n) is 4.18. The Balaban J connectivity index is 2.24. The molecule has 0 aliphatic carbocycles. The number of likely N-dealkylation sites (tertiary alicyclic amines) is 1. The smallest absolute Gasteiger partial charge is 0.222 e. The Kier molecular flexibility index (Phi) is 3.91. The molecule has 1 aliphatic rings. The number of hydrogen-bond donors (Lipinski definition) is 0. The number of rotatable bonds is 3. The van der Waals surface area contributed by atoms with E-state index in [1.54, 1.807) is 0 Å². The minimum atomic E-state index is 0.345.